The van der Waals surface area contributed by atoms with E-state index in [0.29, 0.717) is 30.9 Å². The van der Waals surface area contributed by atoms with E-state index in [-0.39, 0.29) is 5.78 Å². The van der Waals surface area contributed by atoms with E-state index in [2.05, 4.69) is 58.1 Å². The summed E-state index contributed by atoms with van der Waals surface area (Å²) in [6.45, 7) is 2.68. The fourth-order valence-electron chi connectivity index (χ4n) is 4.43. The minimum absolute atomic E-state index is 0.0816. The molecule has 33 heavy (non-hydrogen) atoms. The first-order chi connectivity index (χ1) is 16.2. The molecule has 0 unspecified atom stereocenters. The summed E-state index contributed by atoms with van der Waals surface area (Å²) in [7, 11) is 0. The van der Waals surface area contributed by atoms with Crippen LogP contribution in [0.5, 0.6) is 0 Å². The minimum Gasteiger partial charge on any atom is -0.306 e. The largest absolute Gasteiger partial charge is 0.306 e. The molecule has 0 spiro atoms. The van der Waals surface area contributed by atoms with Crippen LogP contribution >= 0.6 is 0 Å². The number of carbonyl (C=O) groups excluding carboxylic acids is 1. The number of ketones is 1. The smallest absolute Gasteiger partial charge is 0.166 e. The second-order valence-electron chi connectivity index (χ2n) is 8.96. The average molecular weight is 439 g/mol. The summed E-state index contributed by atoms with van der Waals surface area (Å²) in [5, 5.41) is 4.40. The van der Waals surface area contributed by atoms with Gasteiger partial charge >= 0.3 is 0 Å². The molecule has 166 valence electrons. The molecular weight excluding hydrogens is 412 g/mol. The normalized spacial score (nSPS) is 13.8. The van der Waals surface area contributed by atoms with Crippen molar-refractivity contribution in [2.24, 2.45) is 0 Å². The predicted octanol–water partition coefficient (Wildman–Crippen LogP) is 4.48. The van der Waals surface area contributed by atoms with Crippen LogP contribution in [-0.4, -0.2) is 34.3 Å². The zero-order valence-corrected chi connectivity index (χ0v) is 18.7. The average Bonchev–Trinajstić information content (AvgIpc) is 3.25. The summed E-state index contributed by atoms with van der Waals surface area (Å²) in [6, 6.07) is 8.53. The second kappa shape index (κ2) is 7.99. The van der Waals surface area contributed by atoms with Gasteiger partial charge in [0, 0.05) is 31.2 Å². The zero-order chi connectivity index (χ0) is 22.4. The number of nitrogens with zero attached hydrogens (tertiary/aromatic N) is 6. The number of carbonyl (C=O) groups is 1. The third-order valence-electron chi connectivity index (χ3n) is 6.53. The molecule has 1 fully saturated rings. The Kier molecular flexibility index (Phi) is 4.82. The minimum atomic E-state index is 0.0816. The second-order valence-corrected chi connectivity index (χ2v) is 8.96. The van der Waals surface area contributed by atoms with Crippen molar-refractivity contribution in [2.75, 3.05) is 0 Å². The van der Waals surface area contributed by atoms with E-state index < -0.39 is 0 Å². The van der Waals surface area contributed by atoms with Gasteiger partial charge in [0.1, 0.15) is 5.65 Å². The third-order valence-corrected chi connectivity index (χ3v) is 6.53. The molecule has 0 bridgehead atoms. The van der Waals surface area contributed by atoms with Crippen LogP contribution in [-0.2, 0) is 19.4 Å². The van der Waals surface area contributed by atoms with Gasteiger partial charge in [-0.3, -0.25) is 9.48 Å². The number of hydrogen-bond donors (Lipinski definition) is 0. The van der Waals surface area contributed by atoms with Crippen molar-refractivity contribution >= 4 is 16.9 Å². The first kappa shape index (κ1) is 19.9. The van der Waals surface area contributed by atoms with Gasteiger partial charge in [-0.15, -0.1) is 0 Å². The summed E-state index contributed by atoms with van der Waals surface area (Å²) >= 11 is 0. The molecule has 0 N–H and O–H groups in total. The van der Waals surface area contributed by atoms with E-state index in [1.807, 2.05) is 23.1 Å². The van der Waals surface area contributed by atoms with E-state index in [4.69, 9.17) is 4.98 Å². The molecule has 0 amide bonds. The molecule has 5 aromatic rings. The van der Waals surface area contributed by atoms with Crippen LogP contribution in [0, 0.1) is 0 Å². The molecule has 7 heteroatoms. The molecule has 1 aliphatic rings. The molecular formula is C26H26N6O. The van der Waals surface area contributed by atoms with E-state index >= 15 is 0 Å². The summed E-state index contributed by atoms with van der Waals surface area (Å²) in [4.78, 5) is 22.0. The van der Waals surface area contributed by atoms with Crippen molar-refractivity contribution in [2.45, 2.75) is 51.5 Å². The highest BCUT2D eigenvalue weighted by Crippen LogP contribution is 2.39. The van der Waals surface area contributed by atoms with Gasteiger partial charge in [0.25, 0.3) is 0 Å². The topological polar surface area (TPSA) is 69.5 Å². The first-order valence-corrected chi connectivity index (χ1v) is 11.6. The molecule has 0 saturated heterocycles. The number of aromatic nitrogens is 6. The van der Waals surface area contributed by atoms with Crippen molar-refractivity contribution in [3.05, 3.63) is 89.7 Å². The maximum atomic E-state index is 12.8. The first-order valence-electron chi connectivity index (χ1n) is 11.6. The SMILES string of the molecule is CCc1ccn2cnc(CCC(=O)c3cnn(Cc4cn5cc(C6CC6)ccc5n4)c3)c2c1. The zero-order valence-electron chi connectivity index (χ0n) is 18.7. The van der Waals surface area contributed by atoms with Crippen LogP contribution in [0.25, 0.3) is 11.2 Å². The predicted molar refractivity (Wildman–Crippen MR) is 126 cm³/mol. The van der Waals surface area contributed by atoms with Gasteiger partial charge in [0.2, 0.25) is 0 Å². The van der Waals surface area contributed by atoms with Crippen molar-refractivity contribution in [3.8, 4) is 0 Å². The van der Waals surface area contributed by atoms with E-state index in [1.54, 1.807) is 10.9 Å². The van der Waals surface area contributed by atoms with Gasteiger partial charge < -0.3 is 8.80 Å². The number of aryl methyl sites for hydroxylation is 2. The van der Waals surface area contributed by atoms with Gasteiger partial charge in [-0.05, 0) is 60.9 Å². The lowest BCUT2D eigenvalue weighted by Gasteiger charge is -2.01. The molecule has 5 heterocycles. The Labute approximate surface area is 191 Å². The Morgan fingerprint density at radius 3 is 2.88 bits per heavy atom. The Morgan fingerprint density at radius 1 is 1.12 bits per heavy atom. The van der Waals surface area contributed by atoms with Gasteiger partial charge in [-0.2, -0.15) is 5.10 Å². The number of hydrogen-bond acceptors (Lipinski definition) is 4. The van der Waals surface area contributed by atoms with Crippen LogP contribution in [0.1, 0.15) is 65.0 Å². The third kappa shape index (κ3) is 3.95. The Bertz CT molecular complexity index is 1470. The van der Waals surface area contributed by atoms with E-state index in [9.17, 15) is 4.79 Å². The van der Waals surface area contributed by atoms with Gasteiger partial charge in [0.15, 0.2) is 5.78 Å². The molecule has 1 aliphatic carbocycles. The van der Waals surface area contributed by atoms with Crippen LogP contribution < -0.4 is 0 Å². The Morgan fingerprint density at radius 2 is 2.03 bits per heavy atom. The lowest BCUT2D eigenvalue weighted by Crippen LogP contribution is -2.02. The summed E-state index contributed by atoms with van der Waals surface area (Å²) in [5.41, 5.74) is 7.20. The lowest BCUT2D eigenvalue weighted by molar-refractivity contribution is 0.0982. The van der Waals surface area contributed by atoms with Crippen LogP contribution in [0.15, 0.2) is 61.6 Å². The van der Waals surface area contributed by atoms with Gasteiger partial charge in [-0.25, -0.2) is 9.97 Å². The van der Waals surface area contributed by atoms with Gasteiger partial charge in [-0.1, -0.05) is 13.0 Å². The number of Topliss-reactive ketones (excluding diaryl/α,β-unsaturated/α-hetero) is 1. The summed E-state index contributed by atoms with van der Waals surface area (Å²) < 4.78 is 5.90. The fourth-order valence-corrected chi connectivity index (χ4v) is 4.43. The maximum Gasteiger partial charge on any atom is 0.166 e. The highest BCUT2D eigenvalue weighted by Gasteiger charge is 2.23. The number of fused-ring (bicyclic) bond motifs is 2. The highest BCUT2D eigenvalue weighted by molar-refractivity contribution is 5.95. The number of imidazole rings is 2. The quantitative estimate of drug-likeness (QED) is 0.335. The fraction of sp³-hybridized carbons (Fsp3) is 0.308. The van der Waals surface area contributed by atoms with Crippen LogP contribution in [0.3, 0.4) is 0 Å². The standard InChI is InChI=1S/C26H26N6O/c1-2-18-9-10-30-17-27-23(24(30)11-18)6-7-25(33)21-12-28-32(14-21)16-22-15-31-13-20(19-3-4-19)5-8-26(31)29-22/h5,8-15,17,19H,2-4,6-7,16H2,1H3. The monoisotopic (exact) mass is 438 g/mol. The van der Waals surface area contributed by atoms with Crippen molar-refractivity contribution in [1.82, 2.24) is 28.5 Å². The molecule has 7 nitrogen and oxygen atoms in total. The van der Waals surface area contributed by atoms with Crippen molar-refractivity contribution < 1.29 is 4.79 Å². The lowest BCUT2D eigenvalue weighted by atomic mass is 10.1. The summed E-state index contributed by atoms with van der Waals surface area (Å²) in [6.07, 6.45) is 16.1. The van der Waals surface area contributed by atoms with Crippen LogP contribution in [0.4, 0.5) is 0 Å². The molecule has 0 radical (unpaired) electrons. The molecule has 0 aromatic carbocycles. The maximum absolute atomic E-state index is 12.8. The van der Waals surface area contributed by atoms with Crippen molar-refractivity contribution in [1.29, 1.82) is 0 Å². The molecule has 1 saturated carbocycles. The van der Waals surface area contributed by atoms with E-state index in [1.165, 1.54) is 24.0 Å². The Balaban J connectivity index is 1.13. The summed E-state index contributed by atoms with van der Waals surface area (Å²) in [5.74, 6) is 0.798. The molecule has 5 aromatic heterocycles. The van der Waals surface area contributed by atoms with Gasteiger partial charge in [0.05, 0.1) is 41.5 Å². The Hall–Kier alpha value is -3.74. The molecule has 0 aliphatic heterocycles. The van der Waals surface area contributed by atoms with Crippen molar-refractivity contribution in [3.63, 3.8) is 0 Å². The number of pyridine rings is 2. The highest BCUT2D eigenvalue weighted by atomic mass is 16.1. The molecule has 6 rings (SSSR count). The van der Waals surface area contributed by atoms with Crippen LogP contribution in [0.2, 0.25) is 0 Å². The number of rotatable bonds is 8. The molecule has 0 atom stereocenters. The van der Waals surface area contributed by atoms with E-state index in [0.717, 1.165) is 29.0 Å².